The highest BCUT2D eigenvalue weighted by molar-refractivity contribution is 9.09. The van der Waals surface area contributed by atoms with Crippen LogP contribution in [0.3, 0.4) is 0 Å². The topological polar surface area (TPSA) is 72.4 Å². The van der Waals surface area contributed by atoms with E-state index in [0.717, 1.165) is 0 Å². The second-order valence-electron chi connectivity index (χ2n) is 3.89. The van der Waals surface area contributed by atoms with Gasteiger partial charge in [0.05, 0.1) is 7.11 Å². The average molecular weight is 346 g/mol. The third-order valence-electron chi connectivity index (χ3n) is 2.67. The second kappa shape index (κ2) is 5.87. The second-order valence-corrected chi connectivity index (χ2v) is 5.96. The van der Waals surface area contributed by atoms with Crippen LogP contribution in [-0.2, 0) is 9.53 Å². The Morgan fingerprint density at radius 1 is 1.63 bits per heavy atom. The summed E-state index contributed by atoms with van der Waals surface area (Å²) in [6.45, 7) is 0.480. The lowest BCUT2D eigenvalue weighted by molar-refractivity contribution is -0.117. The van der Waals surface area contributed by atoms with Crippen molar-refractivity contribution in [2.24, 2.45) is 0 Å². The molecule has 1 saturated heterocycles. The van der Waals surface area contributed by atoms with Crippen molar-refractivity contribution in [3.8, 4) is 0 Å². The Labute approximate surface area is 123 Å². The monoisotopic (exact) mass is 345 g/mol. The van der Waals surface area contributed by atoms with E-state index < -0.39 is 5.97 Å². The number of carbonyl (C=O) groups excluding carboxylic acids is 2. The van der Waals surface area contributed by atoms with Gasteiger partial charge in [-0.2, -0.15) is 0 Å². The largest absolute Gasteiger partial charge is 0.465 e. The van der Waals surface area contributed by atoms with Gasteiger partial charge < -0.3 is 4.74 Å². The van der Waals surface area contributed by atoms with E-state index >= 15 is 0 Å². The summed E-state index contributed by atoms with van der Waals surface area (Å²) >= 11 is 4.75. The number of hydrogen-bond donors (Lipinski definition) is 0. The number of rotatable bonds is 3. The van der Waals surface area contributed by atoms with Crippen molar-refractivity contribution in [1.29, 1.82) is 0 Å². The molecule has 1 aliphatic heterocycles. The molecular weight excluding hydrogens is 334 g/mol. The van der Waals surface area contributed by atoms with Crippen molar-refractivity contribution in [2.45, 2.75) is 16.4 Å². The molecular formula is C11H12BrN3O3S. The molecule has 2 rings (SSSR count). The molecule has 1 amide bonds. The summed E-state index contributed by atoms with van der Waals surface area (Å²) in [5, 5.41) is 0.508. The molecule has 1 atom stereocenters. The van der Waals surface area contributed by atoms with Crippen LogP contribution in [0.4, 0.5) is 5.82 Å². The highest BCUT2D eigenvalue weighted by Gasteiger charge is 2.33. The molecule has 6 nitrogen and oxygen atoms in total. The Bertz CT molecular complexity index is 526. The Morgan fingerprint density at radius 3 is 2.89 bits per heavy atom. The molecule has 102 valence electrons. The summed E-state index contributed by atoms with van der Waals surface area (Å²) in [4.78, 5) is 33.5. The smallest absolute Gasteiger partial charge is 0.343 e. The number of esters is 1. The number of alkyl halides is 1. The Balaban J connectivity index is 2.46. The Morgan fingerprint density at radius 2 is 2.37 bits per heavy atom. The molecule has 0 aromatic carbocycles. The fourth-order valence-electron chi connectivity index (χ4n) is 1.78. The van der Waals surface area contributed by atoms with Gasteiger partial charge in [0.15, 0.2) is 11.0 Å². The summed E-state index contributed by atoms with van der Waals surface area (Å²) in [5.41, 5.74) is 0.204. The first kappa shape index (κ1) is 14.3. The zero-order valence-corrected chi connectivity index (χ0v) is 12.8. The number of nitrogens with zero attached hydrogens (tertiary/aromatic N) is 3. The molecule has 1 fully saturated rings. The molecule has 0 radical (unpaired) electrons. The number of carbonyl (C=O) groups is 2. The number of methoxy groups -OCH3 is 1. The minimum Gasteiger partial charge on any atom is -0.465 e. The quantitative estimate of drug-likeness (QED) is 0.357. The maximum absolute atomic E-state index is 11.9. The van der Waals surface area contributed by atoms with Crippen molar-refractivity contribution in [3.63, 3.8) is 0 Å². The van der Waals surface area contributed by atoms with Gasteiger partial charge >= 0.3 is 5.97 Å². The summed E-state index contributed by atoms with van der Waals surface area (Å²) < 4.78 is 4.70. The lowest BCUT2D eigenvalue weighted by atomic mass is 10.3. The predicted molar refractivity (Wildman–Crippen MR) is 74.8 cm³/mol. The Hall–Kier alpha value is -1.15. The maximum atomic E-state index is 11.9. The lowest BCUT2D eigenvalue weighted by Crippen LogP contribution is -2.28. The third kappa shape index (κ3) is 2.89. The van der Waals surface area contributed by atoms with Crippen molar-refractivity contribution >= 4 is 45.4 Å². The first-order valence-corrected chi connectivity index (χ1v) is 7.64. The van der Waals surface area contributed by atoms with E-state index in [1.807, 2.05) is 6.26 Å². The van der Waals surface area contributed by atoms with Gasteiger partial charge in [0, 0.05) is 24.0 Å². The van der Waals surface area contributed by atoms with Crippen LogP contribution in [0.25, 0.3) is 0 Å². The molecule has 0 aliphatic carbocycles. The number of ether oxygens (including phenoxy) is 1. The van der Waals surface area contributed by atoms with E-state index in [1.165, 1.54) is 30.0 Å². The zero-order chi connectivity index (χ0) is 14.0. The molecule has 1 aliphatic rings. The van der Waals surface area contributed by atoms with Gasteiger partial charge in [-0.05, 0) is 6.26 Å². The van der Waals surface area contributed by atoms with Crippen LogP contribution in [0.5, 0.6) is 0 Å². The lowest BCUT2D eigenvalue weighted by Gasteiger charge is -2.17. The molecule has 0 spiro atoms. The standard InChI is InChI=1S/C11H12BrN3O3S/c1-18-10(17)7-4-13-11(19-2)14-9(7)15-5-6(12)3-8(15)16/h4,6H,3,5H2,1-2H3. The number of hydrogen-bond acceptors (Lipinski definition) is 6. The van der Waals surface area contributed by atoms with Gasteiger partial charge in [0.2, 0.25) is 5.91 Å². The van der Waals surface area contributed by atoms with E-state index in [2.05, 4.69) is 25.9 Å². The van der Waals surface area contributed by atoms with Crippen molar-refractivity contribution < 1.29 is 14.3 Å². The summed E-state index contributed by atoms with van der Waals surface area (Å²) in [6, 6.07) is 0. The minimum atomic E-state index is -0.548. The predicted octanol–water partition coefficient (Wildman–Crippen LogP) is 1.49. The normalized spacial score (nSPS) is 18.8. The molecule has 0 bridgehead atoms. The van der Waals surface area contributed by atoms with Crippen molar-refractivity contribution in [2.75, 3.05) is 24.8 Å². The van der Waals surface area contributed by atoms with E-state index in [9.17, 15) is 9.59 Å². The van der Waals surface area contributed by atoms with Gasteiger partial charge in [0.1, 0.15) is 5.56 Å². The van der Waals surface area contributed by atoms with Crippen LogP contribution in [0, 0.1) is 0 Å². The minimum absolute atomic E-state index is 0.0678. The first-order chi connectivity index (χ1) is 9.06. The van der Waals surface area contributed by atoms with Crippen molar-refractivity contribution in [3.05, 3.63) is 11.8 Å². The number of halogens is 1. The molecule has 1 aromatic rings. The number of aromatic nitrogens is 2. The molecule has 8 heteroatoms. The number of thioether (sulfide) groups is 1. The van der Waals surface area contributed by atoms with Crippen LogP contribution in [-0.4, -0.2) is 46.6 Å². The number of anilines is 1. The molecule has 0 saturated carbocycles. The van der Waals surface area contributed by atoms with Crippen LogP contribution in [0.2, 0.25) is 0 Å². The van der Waals surface area contributed by atoms with Gasteiger partial charge in [-0.1, -0.05) is 27.7 Å². The summed E-state index contributed by atoms with van der Waals surface area (Å²) in [6.07, 6.45) is 3.62. The Kier molecular flexibility index (Phi) is 4.41. The van der Waals surface area contributed by atoms with E-state index in [1.54, 1.807) is 0 Å². The highest BCUT2D eigenvalue weighted by Crippen LogP contribution is 2.28. The average Bonchev–Trinajstić information content (AvgIpc) is 2.76. The van der Waals surface area contributed by atoms with Gasteiger partial charge in [0.25, 0.3) is 0 Å². The van der Waals surface area contributed by atoms with Gasteiger partial charge in [-0.25, -0.2) is 14.8 Å². The molecule has 19 heavy (non-hydrogen) atoms. The van der Waals surface area contributed by atoms with Gasteiger partial charge in [-0.3, -0.25) is 9.69 Å². The molecule has 1 unspecified atom stereocenters. The molecule has 0 N–H and O–H groups in total. The van der Waals surface area contributed by atoms with Gasteiger partial charge in [-0.15, -0.1) is 0 Å². The van der Waals surface area contributed by atoms with Crippen LogP contribution in [0.15, 0.2) is 11.4 Å². The fourth-order valence-corrected chi connectivity index (χ4v) is 2.69. The summed E-state index contributed by atoms with van der Waals surface area (Å²) in [7, 11) is 1.29. The highest BCUT2D eigenvalue weighted by atomic mass is 79.9. The first-order valence-electron chi connectivity index (χ1n) is 5.50. The maximum Gasteiger partial charge on any atom is 0.343 e. The summed E-state index contributed by atoms with van der Waals surface area (Å²) in [5.74, 6) is -0.301. The zero-order valence-electron chi connectivity index (χ0n) is 10.4. The third-order valence-corrected chi connectivity index (χ3v) is 3.84. The van der Waals surface area contributed by atoms with Crippen LogP contribution < -0.4 is 4.90 Å². The van der Waals surface area contributed by atoms with E-state index in [4.69, 9.17) is 4.74 Å². The molecule has 2 heterocycles. The van der Waals surface area contributed by atoms with Crippen molar-refractivity contribution in [1.82, 2.24) is 9.97 Å². The number of amides is 1. The van der Waals surface area contributed by atoms with Crippen LogP contribution in [0.1, 0.15) is 16.8 Å². The van der Waals surface area contributed by atoms with E-state index in [-0.39, 0.29) is 16.3 Å². The fraction of sp³-hybridized carbons (Fsp3) is 0.455. The van der Waals surface area contributed by atoms with E-state index in [0.29, 0.717) is 23.9 Å². The SMILES string of the molecule is COC(=O)c1cnc(SC)nc1N1CC(Br)CC1=O. The molecule has 1 aromatic heterocycles. The van der Waals surface area contributed by atoms with Crippen LogP contribution >= 0.6 is 27.7 Å².